The fraction of sp³-hybridized carbons (Fsp3) is 0.615. The summed E-state index contributed by atoms with van der Waals surface area (Å²) in [5, 5.41) is 8.27. The summed E-state index contributed by atoms with van der Waals surface area (Å²) in [5.41, 5.74) is 8.68. The number of nitrogens with zero attached hydrogens (tertiary/aromatic N) is 4. The van der Waals surface area contributed by atoms with Crippen LogP contribution in [0.5, 0.6) is 0 Å². The molecule has 0 aromatic carbocycles. The highest BCUT2D eigenvalue weighted by Crippen LogP contribution is 2.25. The van der Waals surface area contributed by atoms with E-state index in [0.29, 0.717) is 18.3 Å². The molecule has 0 saturated heterocycles. The van der Waals surface area contributed by atoms with Gasteiger partial charge in [-0.05, 0) is 27.7 Å². The normalized spacial score (nSPS) is 13.2. The maximum Gasteiger partial charge on any atom is 0.261 e. The molecular formula is C13H21N5O2. The molecule has 110 valence electrons. The molecule has 2 aromatic heterocycles. The first kappa shape index (κ1) is 14.7. The molecule has 0 aliphatic heterocycles. The molecule has 2 heterocycles. The third kappa shape index (κ3) is 2.88. The molecule has 7 heteroatoms. The van der Waals surface area contributed by atoms with Crippen molar-refractivity contribution in [2.24, 2.45) is 12.8 Å². The fourth-order valence-corrected chi connectivity index (χ4v) is 1.94. The lowest BCUT2D eigenvalue weighted by Crippen LogP contribution is -2.20. The Labute approximate surface area is 118 Å². The maximum atomic E-state index is 5.99. The summed E-state index contributed by atoms with van der Waals surface area (Å²) in [6, 6.07) is -0.396. The summed E-state index contributed by atoms with van der Waals surface area (Å²) in [5.74, 6) is 0.895. The molecule has 0 amide bonds. The first-order valence-corrected chi connectivity index (χ1v) is 6.61. The summed E-state index contributed by atoms with van der Waals surface area (Å²) < 4.78 is 12.6. The zero-order valence-electron chi connectivity index (χ0n) is 12.5. The van der Waals surface area contributed by atoms with Crippen LogP contribution in [-0.2, 0) is 11.8 Å². The Balaban J connectivity index is 2.20. The lowest BCUT2D eigenvalue weighted by atomic mass is 10.2. The van der Waals surface area contributed by atoms with Crippen LogP contribution >= 0.6 is 0 Å². The molecule has 0 aliphatic carbocycles. The van der Waals surface area contributed by atoms with Crippen LogP contribution in [0, 0.1) is 13.8 Å². The molecule has 0 fully saturated rings. The van der Waals surface area contributed by atoms with Crippen LogP contribution in [0.2, 0.25) is 0 Å². The molecule has 1 atom stereocenters. The van der Waals surface area contributed by atoms with Gasteiger partial charge in [-0.2, -0.15) is 10.1 Å². The Kier molecular flexibility index (Phi) is 4.20. The Morgan fingerprint density at radius 3 is 2.60 bits per heavy atom. The van der Waals surface area contributed by atoms with Crippen molar-refractivity contribution in [3.8, 4) is 11.5 Å². The monoisotopic (exact) mass is 279 g/mol. The molecule has 2 aromatic rings. The molecule has 2 N–H and O–H groups in total. The van der Waals surface area contributed by atoms with Crippen molar-refractivity contribution in [1.82, 2.24) is 19.9 Å². The molecule has 20 heavy (non-hydrogen) atoms. The van der Waals surface area contributed by atoms with Crippen LogP contribution in [0.15, 0.2) is 4.52 Å². The topological polar surface area (TPSA) is 92.0 Å². The molecule has 0 radical (unpaired) electrons. The van der Waals surface area contributed by atoms with E-state index in [9.17, 15) is 0 Å². The standard InChI is InChI=1S/C13H21N5O2/c1-7(2)19-6-10(14)12-15-13(20-17-12)11-8(3)16-18(5)9(11)4/h7,10H,6,14H2,1-5H3. The molecule has 1 unspecified atom stereocenters. The largest absolute Gasteiger partial charge is 0.377 e. The summed E-state index contributed by atoms with van der Waals surface area (Å²) in [4.78, 5) is 4.36. The summed E-state index contributed by atoms with van der Waals surface area (Å²) in [7, 11) is 1.88. The third-order valence-electron chi connectivity index (χ3n) is 3.11. The van der Waals surface area contributed by atoms with Gasteiger partial charge in [0.05, 0.1) is 30.0 Å². The van der Waals surface area contributed by atoms with Gasteiger partial charge in [-0.15, -0.1) is 0 Å². The van der Waals surface area contributed by atoms with E-state index in [0.717, 1.165) is 17.0 Å². The third-order valence-corrected chi connectivity index (χ3v) is 3.11. The number of hydrogen-bond donors (Lipinski definition) is 1. The van der Waals surface area contributed by atoms with Crippen LogP contribution in [0.3, 0.4) is 0 Å². The minimum Gasteiger partial charge on any atom is -0.377 e. The average molecular weight is 279 g/mol. The van der Waals surface area contributed by atoms with E-state index in [4.69, 9.17) is 15.0 Å². The second kappa shape index (κ2) is 5.72. The molecule has 0 bridgehead atoms. The Morgan fingerprint density at radius 1 is 1.35 bits per heavy atom. The smallest absolute Gasteiger partial charge is 0.261 e. The minimum atomic E-state index is -0.396. The molecule has 0 aliphatic rings. The van der Waals surface area contributed by atoms with Crippen LogP contribution in [-0.4, -0.2) is 32.6 Å². The number of rotatable bonds is 5. The van der Waals surface area contributed by atoms with Crippen molar-refractivity contribution in [2.45, 2.75) is 39.8 Å². The second-order valence-electron chi connectivity index (χ2n) is 5.12. The highest BCUT2D eigenvalue weighted by atomic mass is 16.5. The first-order chi connectivity index (χ1) is 9.40. The molecule has 2 rings (SSSR count). The van der Waals surface area contributed by atoms with E-state index in [2.05, 4.69) is 15.2 Å². The highest BCUT2D eigenvalue weighted by molar-refractivity contribution is 5.59. The molecule has 7 nitrogen and oxygen atoms in total. The second-order valence-corrected chi connectivity index (χ2v) is 5.12. The Bertz CT molecular complexity index is 588. The van der Waals surface area contributed by atoms with Crippen LogP contribution in [0.4, 0.5) is 0 Å². The van der Waals surface area contributed by atoms with Crippen molar-refractivity contribution < 1.29 is 9.26 Å². The van der Waals surface area contributed by atoms with Crippen molar-refractivity contribution in [3.63, 3.8) is 0 Å². The SMILES string of the molecule is Cc1nn(C)c(C)c1-c1nc(C(N)COC(C)C)no1. The van der Waals surface area contributed by atoms with Gasteiger partial charge in [-0.3, -0.25) is 4.68 Å². The van der Waals surface area contributed by atoms with E-state index in [1.165, 1.54) is 0 Å². The number of nitrogens with two attached hydrogens (primary N) is 1. The fourth-order valence-electron chi connectivity index (χ4n) is 1.94. The number of aromatic nitrogens is 4. The highest BCUT2D eigenvalue weighted by Gasteiger charge is 2.20. The Hall–Kier alpha value is -1.73. The van der Waals surface area contributed by atoms with Gasteiger partial charge in [-0.25, -0.2) is 0 Å². The maximum absolute atomic E-state index is 5.99. The van der Waals surface area contributed by atoms with E-state index in [-0.39, 0.29) is 6.10 Å². The van der Waals surface area contributed by atoms with E-state index in [1.807, 2.05) is 34.7 Å². The quantitative estimate of drug-likeness (QED) is 0.892. The van der Waals surface area contributed by atoms with Crippen molar-refractivity contribution >= 4 is 0 Å². The van der Waals surface area contributed by atoms with Gasteiger partial charge < -0.3 is 15.0 Å². The van der Waals surface area contributed by atoms with Crippen LogP contribution < -0.4 is 5.73 Å². The summed E-state index contributed by atoms with van der Waals surface area (Å²) >= 11 is 0. The van der Waals surface area contributed by atoms with Gasteiger partial charge >= 0.3 is 0 Å². The van der Waals surface area contributed by atoms with E-state index < -0.39 is 6.04 Å². The lowest BCUT2D eigenvalue weighted by molar-refractivity contribution is 0.0665. The number of aryl methyl sites for hydroxylation is 2. The van der Waals surface area contributed by atoms with E-state index >= 15 is 0 Å². The Morgan fingerprint density at radius 2 is 2.05 bits per heavy atom. The molecule has 0 saturated carbocycles. The van der Waals surface area contributed by atoms with Gasteiger partial charge in [0.1, 0.15) is 0 Å². The van der Waals surface area contributed by atoms with Gasteiger partial charge in [0.2, 0.25) is 0 Å². The molecular weight excluding hydrogens is 258 g/mol. The van der Waals surface area contributed by atoms with Crippen molar-refractivity contribution in [3.05, 3.63) is 17.2 Å². The molecule has 0 spiro atoms. The van der Waals surface area contributed by atoms with Crippen LogP contribution in [0.25, 0.3) is 11.5 Å². The van der Waals surface area contributed by atoms with E-state index in [1.54, 1.807) is 4.68 Å². The van der Waals surface area contributed by atoms with Gasteiger partial charge in [0.15, 0.2) is 5.82 Å². The summed E-state index contributed by atoms with van der Waals surface area (Å²) in [6.07, 6.45) is 0.121. The zero-order chi connectivity index (χ0) is 14.9. The number of hydrogen-bond acceptors (Lipinski definition) is 6. The zero-order valence-corrected chi connectivity index (χ0v) is 12.5. The minimum absolute atomic E-state index is 0.121. The van der Waals surface area contributed by atoms with Gasteiger partial charge in [-0.1, -0.05) is 5.16 Å². The lowest BCUT2D eigenvalue weighted by Gasteiger charge is -2.10. The van der Waals surface area contributed by atoms with Gasteiger partial charge in [0.25, 0.3) is 5.89 Å². The first-order valence-electron chi connectivity index (χ1n) is 6.61. The predicted molar refractivity (Wildman–Crippen MR) is 74.0 cm³/mol. The average Bonchev–Trinajstić information content (AvgIpc) is 2.93. The van der Waals surface area contributed by atoms with Gasteiger partial charge in [0, 0.05) is 12.7 Å². The predicted octanol–water partition coefficient (Wildman–Crippen LogP) is 1.51. The van der Waals surface area contributed by atoms with Crippen LogP contribution in [0.1, 0.15) is 37.1 Å². The van der Waals surface area contributed by atoms with Crippen molar-refractivity contribution in [2.75, 3.05) is 6.61 Å². The van der Waals surface area contributed by atoms with Crippen molar-refractivity contribution in [1.29, 1.82) is 0 Å². The number of ether oxygens (including phenoxy) is 1. The summed E-state index contributed by atoms with van der Waals surface area (Å²) in [6.45, 7) is 8.14.